The average Bonchev–Trinajstić information content (AvgIpc) is 2.53. The van der Waals surface area contributed by atoms with Crippen molar-refractivity contribution in [3.63, 3.8) is 0 Å². The summed E-state index contributed by atoms with van der Waals surface area (Å²) in [4.78, 5) is 0. The van der Waals surface area contributed by atoms with Gasteiger partial charge in [0.1, 0.15) is 5.75 Å². The first-order valence-electron chi connectivity index (χ1n) is 4.54. The number of aromatic hydroxyl groups is 1. The number of benzene rings is 1. The fraction of sp³-hybridized carbons (Fsp3) is 0.400. The van der Waals surface area contributed by atoms with Crippen molar-refractivity contribution in [2.24, 2.45) is 5.92 Å². The Morgan fingerprint density at radius 2 is 2.00 bits per heavy atom. The summed E-state index contributed by atoms with van der Waals surface area (Å²) >= 11 is 0. The van der Waals surface area contributed by atoms with Crippen LogP contribution >= 0.6 is 0 Å². The highest BCUT2D eigenvalue weighted by Gasteiger charge is 2.23. The highest BCUT2D eigenvalue weighted by atomic mass is 16.3. The Labute approximate surface area is 77.7 Å². The second kappa shape index (κ2) is 3.36. The lowest BCUT2D eigenvalue weighted by Crippen LogP contribution is -2.24. The van der Waals surface area contributed by atoms with Gasteiger partial charge in [-0.15, -0.1) is 0 Å². The van der Waals surface area contributed by atoms with Crippen LogP contribution in [0, 0.1) is 5.92 Å². The summed E-state index contributed by atoms with van der Waals surface area (Å²) in [6, 6.07) is 7.72. The minimum absolute atomic E-state index is 0.322. The summed E-state index contributed by atoms with van der Waals surface area (Å²) in [5, 5.41) is 9.13. The van der Waals surface area contributed by atoms with Crippen molar-refractivity contribution in [3.8, 4) is 5.75 Å². The van der Waals surface area contributed by atoms with Gasteiger partial charge in [-0.25, -0.2) is 0 Å². The zero-order valence-corrected chi connectivity index (χ0v) is 7.62. The van der Waals surface area contributed by atoms with Crippen LogP contribution in [-0.4, -0.2) is 11.7 Å². The summed E-state index contributed by atoms with van der Waals surface area (Å²) in [5.74, 6) is 0.909. The molecule has 3 N–H and O–H groups in total. The first-order chi connectivity index (χ1) is 6.27. The molecule has 0 amide bonds. The number of nitrogens with one attached hydrogen (secondary N) is 2. The zero-order valence-electron chi connectivity index (χ0n) is 7.62. The predicted octanol–water partition coefficient (Wildman–Crippen LogP) is 1.18. The Hall–Kier alpha value is -1.06. The second-order valence-electron chi connectivity index (χ2n) is 3.57. The third-order valence-electron chi connectivity index (χ3n) is 2.50. The van der Waals surface area contributed by atoms with Crippen LogP contribution in [-0.2, 0) is 0 Å². The van der Waals surface area contributed by atoms with Crippen LogP contribution in [0.4, 0.5) is 0 Å². The molecule has 3 nitrogen and oxygen atoms in total. The molecule has 1 aromatic rings. The molecule has 1 saturated heterocycles. The highest BCUT2D eigenvalue weighted by Crippen LogP contribution is 2.25. The standard InChI is InChI=1S/C10H14N2O/c1-7-6-11-12-10(7)8-2-4-9(13)5-3-8/h2-5,7,10-13H,6H2,1H3. The van der Waals surface area contributed by atoms with E-state index in [1.807, 2.05) is 12.1 Å². The third kappa shape index (κ3) is 1.66. The Bertz CT molecular complexity index is 283. The summed E-state index contributed by atoms with van der Waals surface area (Å²) in [7, 11) is 0. The molecule has 1 aliphatic rings. The topological polar surface area (TPSA) is 44.3 Å². The molecule has 1 aromatic carbocycles. The molecule has 0 aliphatic carbocycles. The number of rotatable bonds is 1. The van der Waals surface area contributed by atoms with E-state index in [2.05, 4.69) is 17.8 Å². The summed E-state index contributed by atoms with van der Waals surface area (Å²) in [6.07, 6.45) is 0. The van der Waals surface area contributed by atoms with Crippen LogP contribution in [0.2, 0.25) is 0 Å². The summed E-state index contributed by atoms with van der Waals surface area (Å²) in [6.45, 7) is 3.19. The SMILES string of the molecule is CC1CNNC1c1ccc(O)cc1. The van der Waals surface area contributed by atoms with Gasteiger partial charge in [0.25, 0.3) is 0 Å². The maximum atomic E-state index is 9.13. The van der Waals surface area contributed by atoms with E-state index in [4.69, 9.17) is 5.11 Å². The molecule has 0 bridgehead atoms. The van der Waals surface area contributed by atoms with Crippen molar-refractivity contribution in [1.29, 1.82) is 0 Å². The molecule has 1 heterocycles. The van der Waals surface area contributed by atoms with E-state index in [1.165, 1.54) is 5.56 Å². The van der Waals surface area contributed by atoms with Gasteiger partial charge in [0, 0.05) is 6.54 Å². The van der Waals surface area contributed by atoms with E-state index in [0.29, 0.717) is 17.7 Å². The Kier molecular flexibility index (Phi) is 2.20. The first-order valence-corrected chi connectivity index (χ1v) is 4.54. The van der Waals surface area contributed by atoms with Gasteiger partial charge < -0.3 is 5.11 Å². The summed E-state index contributed by atoms with van der Waals surface area (Å²) < 4.78 is 0. The van der Waals surface area contributed by atoms with Crippen molar-refractivity contribution < 1.29 is 5.11 Å². The van der Waals surface area contributed by atoms with E-state index < -0.39 is 0 Å². The smallest absolute Gasteiger partial charge is 0.115 e. The third-order valence-corrected chi connectivity index (χ3v) is 2.50. The second-order valence-corrected chi connectivity index (χ2v) is 3.57. The van der Waals surface area contributed by atoms with Gasteiger partial charge in [-0.2, -0.15) is 0 Å². The molecular formula is C10H14N2O. The molecule has 1 aliphatic heterocycles. The first kappa shape index (κ1) is 8.53. The molecule has 3 heteroatoms. The van der Waals surface area contributed by atoms with E-state index >= 15 is 0 Å². The van der Waals surface area contributed by atoms with Crippen LogP contribution in [0.15, 0.2) is 24.3 Å². The fourth-order valence-electron chi connectivity index (χ4n) is 1.68. The fourth-order valence-corrected chi connectivity index (χ4v) is 1.68. The summed E-state index contributed by atoms with van der Waals surface area (Å²) in [5.41, 5.74) is 7.55. The average molecular weight is 178 g/mol. The molecular weight excluding hydrogens is 164 g/mol. The van der Waals surface area contributed by atoms with Crippen molar-refractivity contribution in [1.82, 2.24) is 10.9 Å². The largest absolute Gasteiger partial charge is 0.508 e. The van der Waals surface area contributed by atoms with Gasteiger partial charge in [0.15, 0.2) is 0 Å². The van der Waals surface area contributed by atoms with Crippen molar-refractivity contribution >= 4 is 0 Å². The predicted molar refractivity (Wildman–Crippen MR) is 51.2 cm³/mol. The molecule has 1 fully saturated rings. The Morgan fingerprint density at radius 1 is 1.31 bits per heavy atom. The van der Waals surface area contributed by atoms with Crippen LogP contribution in [0.25, 0.3) is 0 Å². The number of hydrogen-bond acceptors (Lipinski definition) is 3. The maximum absolute atomic E-state index is 9.13. The molecule has 2 atom stereocenters. The number of phenolic OH excluding ortho intramolecular Hbond substituents is 1. The molecule has 2 rings (SSSR count). The lowest BCUT2D eigenvalue weighted by Gasteiger charge is -2.14. The van der Waals surface area contributed by atoms with Crippen LogP contribution < -0.4 is 10.9 Å². The quantitative estimate of drug-likeness (QED) is 0.605. The molecule has 13 heavy (non-hydrogen) atoms. The number of hydrogen-bond donors (Lipinski definition) is 3. The van der Waals surface area contributed by atoms with Crippen LogP contribution in [0.1, 0.15) is 18.5 Å². The van der Waals surface area contributed by atoms with Crippen molar-refractivity contribution in [2.45, 2.75) is 13.0 Å². The van der Waals surface area contributed by atoms with Gasteiger partial charge in [-0.3, -0.25) is 10.9 Å². The molecule has 0 radical (unpaired) electrons. The van der Waals surface area contributed by atoms with Crippen LogP contribution in [0.3, 0.4) is 0 Å². The lowest BCUT2D eigenvalue weighted by molar-refractivity contribution is 0.472. The monoisotopic (exact) mass is 178 g/mol. The Balaban J connectivity index is 2.20. The highest BCUT2D eigenvalue weighted by molar-refractivity contribution is 5.28. The van der Waals surface area contributed by atoms with E-state index in [-0.39, 0.29) is 0 Å². The molecule has 0 spiro atoms. The zero-order chi connectivity index (χ0) is 9.26. The van der Waals surface area contributed by atoms with E-state index in [1.54, 1.807) is 12.1 Å². The Morgan fingerprint density at radius 3 is 2.54 bits per heavy atom. The number of phenols is 1. The normalized spacial score (nSPS) is 27.8. The van der Waals surface area contributed by atoms with Crippen molar-refractivity contribution in [2.75, 3.05) is 6.54 Å². The van der Waals surface area contributed by atoms with Gasteiger partial charge in [-0.1, -0.05) is 19.1 Å². The van der Waals surface area contributed by atoms with Gasteiger partial charge in [-0.05, 0) is 23.6 Å². The van der Waals surface area contributed by atoms with Gasteiger partial charge in [0.2, 0.25) is 0 Å². The van der Waals surface area contributed by atoms with E-state index in [9.17, 15) is 0 Å². The molecule has 70 valence electrons. The minimum Gasteiger partial charge on any atom is -0.508 e. The minimum atomic E-state index is 0.322. The maximum Gasteiger partial charge on any atom is 0.115 e. The van der Waals surface area contributed by atoms with Gasteiger partial charge in [0.05, 0.1) is 6.04 Å². The molecule has 0 aromatic heterocycles. The van der Waals surface area contributed by atoms with E-state index in [0.717, 1.165) is 6.54 Å². The van der Waals surface area contributed by atoms with Gasteiger partial charge >= 0.3 is 0 Å². The lowest BCUT2D eigenvalue weighted by atomic mass is 9.97. The molecule has 0 saturated carbocycles. The number of hydrazine groups is 1. The molecule has 2 unspecified atom stereocenters. The van der Waals surface area contributed by atoms with Crippen LogP contribution in [0.5, 0.6) is 5.75 Å². The van der Waals surface area contributed by atoms with Crippen molar-refractivity contribution in [3.05, 3.63) is 29.8 Å².